The molecule has 0 unspecified atom stereocenters. The highest BCUT2D eigenvalue weighted by atomic mass is 16.5. The molecule has 6 heteroatoms. The van der Waals surface area contributed by atoms with Crippen LogP contribution in [0.3, 0.4) is 0 Å². The van der Waals surface area contributed by atoms with Crippen LogP contribution in [0.25, 0.3) is 0 Å². The minimum atomic E-state index is -0.527. The molecule has 1 amide bonds. The molecule has 0 saturated carbocycles. The number of rotatable bonds is 2. The molecule has 0 atom stereocenters. The Bertz CT molecular complexity index is 1200. The molecule has 2 aromatic rings. The second kappa shape index (κ2) is 6.84. The fourth-order valence-corrected chi connectivity index (χ4v) is 4.04. The smallest absolute Gasteiger partial charge is 0.248 e. The molecular formula is C24H18N2O4. The first-order valence-corrected chi connectivity index (χ1v) is 9.71. The molecule has 3 aliphatic rings. The molecule has 0 saturated heterocycles. The average Bonchev–Trinajstić information content (AvgIpc) is 2.95. The molecule has 1 heterocycles. The van der Waals surface area contributed by atoms with Crippen LogP contribution >= 0.6 is 0 Å². The lowest BCUT2D eigenvalue weighted by Gasteiger charge is -2.29. The van der Waals surface area contributed by atoms with Crippen LogP contribution in [0, 0.1) is 0 Å². The molecule has 0 spiro atoms. The van der Waals surface area contributed by atoms with Gasteiger partial charge in [-0.2, -0.15) is 0 Å². The second-order valence-electron chi connectivity index (χ2n) is 7.39. The third-order valence-corrected chi connectivity index (χ3v) is 5.58. The molecule has 5 rings (SSSR count). The number of benzene rings is 2. The van der Waals surface area contributed by atoms with Gasteiger partial charge in [-0.15, -0.1) is 0 Å². The van der Waals surface area contributed by atoms with Gasteiger partial charge in [-0.25, -0.2) is 0 Å². The largest absolute Gasteiger partial charge is 0.451 e. The van der Waals surface area contributed by atoms with Gasteiger partial charge >= 0.3 is 0 Å². The molecule has 0 aromatic heterocycles. The van der Waals surface area contributed by atoms with E-state index >= 15 is 0 Å². The van der Waals surface area contributed by atoms with Crippen LogP contribution in [-0.4, -0.2) is 24.0 Å². The maximum absolute atomic E-state index is 13.5. The number of ether oxygens (including phenoxy) is 1. The summed E-state index contributed by atoms with van der Waals surface area (Å²) in [5.74, 6) is -0.449. The number of nitrogens with two attached hydrogens (primary N) is 1. The number of carbonyl (C=O) groups excluding carboxylic acids is 3. The Labute approximate surface area is 172 Å². The van der Waals surface area contributed by atoms with Gasteiger partial charge in [0.05, 0.1) is 0 Å². The monoisotopic (exact) mass is 398 g/mol. The highest BCUT2D eigenvalue weighted by Crippen LogP contribution is 2.38. The lowest BCUT2D eigenvalue weighted by molar-refractivity contribution is 0.0914. The summed E-state index contributed by atoms with van der Waals surface area (Å²) in [7, 11) is 0. The Hall–Kier alpha value is -3.93. The number of nitrogens with zero attached hydrogens (tertiary/aromatic N) is 1. The number of Topliss-reactive ketones (excluding diaryl/α,β-unsaturated/α-hetero) is 2. The molecule has 30 heavy (non-hydrogen) atoms. The van der Waals surface area contributed by atoms with Crippen molar-refractivity contribution in [2.45, 2.75) is 12.8 Å². The van der Waals surface area contributed by atoms with E-state index in [1.54, 1.807) is 53.4 Å². The van der Waals surface area contributed by atoms with Crippen LogP contribution in [0.1, 0.15) is 43.9 Å². The Morgan fingerprint density at radius 1 is 0.967 bits per heavy atom. The Balaban J connectivity index is 1.69. The van der Waals surface area contributed by atoms with E-state index < -0.39 is 5.91 Å². The van der Waals surface area contributed by atoms with Crippen molar-refractivity contribution in [1.82, 2.24) is 0 Å². The van der Waals surface area contributed by atoms with E-state index in [2.05, 4.69) is 0 Å². The highest BCUT2D eigenvalue weighted by molar-refractivity contribution is 6.27. The van der Waals surface area contributed by atoms with E-state index in [0.717, 1.165) is 18.4 Å². The van der Waals surface area contributed by atoms with Gasteiger partial charge in [0.15, 0.2) is 0 Å². The van der Waals surface area contributed by atoms with Gasteiger partial charge in [-0.05, 0) is 48.8 Å². The van der Waals surface area contributed by atoms with E-state index in [-0.39, 0.29) is 23.0 Å². The predicted molar refractivity (Wildman–Crippen MR) is 111 cm³/mol. The lowest BCUT2D eigenvalue weighted by Crippen LogP contribution is -2.34. The van der Waals surface area contributed by atoms with Crippen LogP contribution in [0.5, 0.6) is 0 Å². The highest BCUT2D eigenvalue weighted by Gasteiger charge is 2.39. The fraction of sp³-hybridized carbons (Fsp3) is 0.125. The predicted octanol–water partition coefficient (Wildman–Crippen LogP) is 3.52. The molecule has 148 valence electrons. The minimum absolute atomic E-state index is 0.0363. The second-order valence-corrected chi connectivity index (χ2v) is 7.39. The average molecular weight is 398 g/mol. The third-order valence-electron chi connectivity index (χ3n) is 5.58. The van der Waals surface area contributed by atoms with Crippen molar-refractivity contribution >= 4 is 23.2 Å². The van der Waals surface area contributed by atoms with Crippen molar-refractivity contribution in [3.05, 3.63) is 100 Å². The number of allylic oxidation sites excluding steroid dienone is 4. The van der Waals surface area contributed by atoms with E-state index in [1.807, 2.05) is 12.2 Å². The first-order chi connectivity index (χ1) is 14.5. The zero-order valence-electron chi connectivity index (χ0n) is 16.1. The van der Waals surface area contributed by atoms with Crippen molar-refractivity contribution in [3.63, 3.8) is 0 Å². The summed E-state index contributed by atoms with van der Waals surface area (Å²) >= 11 is 0. The normalized spacial score (nSPS) is 17.8. The van der Waals surface area contributed by atoms with Crippen molar-refractivity contribution in [2.24, 2.45) is 5.73 Å². The molecule has 0 bridgehead atoms. The van der Waals surface area contributed by atoms with Crippen LogP contribution < -0.4 is 10.6 Å². The summed E-state index contributed by atoms with van der Waals surface area (Å²) in [6.45, 7) is 0.412. The molecule has 0 radical (unpaired) electrons. The number of hydrogen-bond donors (Lipinski definition) is 1. The summed E-state index contributed by atoms with van der Waals surface area (Å²) < 4.78 is 6.06. The van der Waals surface area contributed by atoms with Crippen LogP contribution in [-0.2, 0) is 4.74 Å². The van der Waals surface area contributed by atoms with Gasteiger partial charge in [0.1, 0.15) is 11.5 Å². The molecular weight excluding hydrogens is 380 g/mol. The number of anilines is 1. The summed E-state index contributed by atoms with van der Waals surface area (Å²) in [6, 6.07) is 13.5. The topological polar surface area (TPSA) is 89.7 Å². The van der Waals surface area contributed by atoms with E-state index in [4.69, 9.17) is 10.5 Å². The first kappa shape index (κ1) is 18.1. The van der Waals surface area contributed by atoms with Gasteiger partial charge in [-0.1, -0.05) is 30.3 Å². The standard InChI is InChI=1S/C24H18N2O4/c25-24(29)14-9-11-16(12-10-14)26-13-15-5-1-4-8-19(15)30-23-20(26)21(27)17-6-2-3-7-18(17)22(23)28/h2-4,6-12H,1,5,13H2,(H2,25,29). The molecule has 2 aromatic carbocycles. The number of primary amides is 1. The fourth-order valence-electron chi connectivity index (χ4n) is 4.04. The molecule has 1 aliphatic heterocycles. The quantitative estimate of drug-likeness (QED) is 0.836. The van der Waals surface area contributed by atoms with Crippen LogP contribution in [0.2, 0.25) is 0 Å². The Morgan fingerprint density at radius 3 is 2.37 bits per heavy atom. The van der Waals surface area contributed by atoms with E-state index in [9.17, 15) is 14.4 Å². The SMILES string of the molecule is NC(=O)c1ccc(N2CC3=C(C=CCC3)OC3=C2C(=O)c2ccccc2C3=O)cc1. The van der Waals surface area contributed by atoms with Crippen molar-refractivity contribution in [1.29, 1.82) is 0 Å². The van der Waals surface area contributed by atoms with Gasteiger partial charge in [0.2, 0.25) is 23.2 Å². The van der Waals surface area contributed by atoms with E-state index in [1.165, 1.54) is 0 Å². The van der Waals surface area contributed by atoms with Crippen molar-refractivity contribution in [3.8, 4) is 0 Å². The minimum Gasteiger partial charge on any atom is -0.451 e. The Kier molecular flexibility index (Phi) is 4.13. The van der Waals surface area contributed by atoms with Gasteiger partial charge in [0, 0.05) is 28.9 Å². The summed E-state index contributed by atoms with van der Waals surface area (Å²) in [5, 5.41) is 0. The maximum Gasteiger partial charge on any atom is 0.248 e. The number of carbonyl (C=O) groups is 3. The van der Waals surface area contributed by atoms with Gasteiger partial charge in [-0.3, -0.25) is 14.4 Å². The zero-order chi connectivity index (χ0) is 20.8. The number of amides is 1. The number of fused-ring (bicyclic) bond motifs is 1. The molecule has 6 nitrogen and oxygen atoms in total. The van der Waals surface area contributed by atoms with Crippen LogP contribution in [0.15, 0.2) is 83.5 Å². The number of ketones is 2. The molecule has 2 aliphatic carbocycles. The summed E-state index contributed by atoms with van der Waals surface area (Å²) in [5.41, 5.74) is 8.34. The third kappa shape index (κ3) is 2.76. The maximum atomic E-state index is 13.5. The molecule has 2 N–H and O–H groups in total. The van der Waals surface area contributed by atoms with Gasteiger partial charge < -0.3 is 15.4 Å². The van der Waals surface area contributed by atoms with E-state index in [0.29, 0.717) is 34.7 Å². The zero-order valence-corrected chi connectivity index (χ0v) is 16.1. The van der Waals surface area contributed by atoms with Crippen molar-refractivity contribution in [2.75, 3.05) is 11.4 Å². The summed E-state index contributed by atoms with van der Waals surface area (Å²) in [4.78, 5) is 40.0. The van der Waals surface area contributed by atoms with Crippen molar-refractivity contribution < 1.29 is 19.1 Å². The molecule has 0 fully saturated rings. The summed E-state index contributed by atoms with van der Waals surface area (Å²) in [6.07, 6.45) is 5.50. The van der Waals surface area contributed by atoms with Gasteiger partial charge in [0.25, 0.3) is 0 Å². The van der Waals surface area contributed by atoms with Crippen LogP contribution in [0.4, 0.5) is 5.69 Å². The lowest BCUT2D eigenvalue weighted by atomic mass is 9.90. The first-order valence-electron chi connectivity index (χ1n) is 9.71. The Morgan fingerprint density at radius 2 is 1.67 bits per heavy atom. The number of hydrogen-bond acceptors (Lipinski definition) is 5.